The summed E-state index contributed by atoms with van der Waals surface area (Å²) in [7, 11) is 0. The van der Waals surface area contributed by atoms with E-state index in [9.17, 15) is 0 Å². The highest BCUT2D eigenvalue weighted by molar-refractivity contribution is 4.72. The first-order chi connectivity index (χ1) is 6.40. The van der Waals surface area contributed by atoms with Crippen LogP contribution in [0.15, 0.2) is 0 Å². The first-order valence-corrected chi connectivity index (χ1v) is 5.71. The minimum atomic E-state index is 0.00343. The molecule has 1 heterocycles. The van der Waals surface area contributed by atoms with Crippen molar-refractivity contribution in [1.82, 2.24) is 0 Å². The maximum absolute atomic E-state index is 5.86. The number of hydrogen-bond donors (Lipinski definition) is 0. The van der Waals surface area contributed by atoms with Gasteiger partial charge in [-0.15, -0.1) is 0 Å². The van der Waals surface area contributed by atoms with Crippen LogP contribution in [-0.4, -0.2) is 18.5 Å². The quantitative estimate of drug-likeness (QED) is 0.680. The lowest BCUT2D eigenvalue weighted by Crippen LogP contribution is -2.38. The molecular weight excluding hydrogens is 176 g/mol. The summed E-state index contributed by atoms with van der Waals surface area (Å²) in [5, 5.41) is 0. The van der Waals surface area contributed by atoms with E-state index in [0.717, 1.165) is 19.3 Å². The Kier molecular flexibility index (Phi) is 3.96. The zero-order chi connectivity index (χ0) is 10.8. The van der Waals surface area contributed by atoms with Crippen molar-refractivity contribution in [2.24, 2.45) is 5.41 Å². The Morgan fingerprint density at radius 1 is 1.21 bits per heavy atom. The van der Waals surface area contributed by atoms with Crippen molar-refractivity contribution in [3.8, 4) is 0 Å². The predicted molar refractivity (Wildman–Crippen MR) is 58.2 cm³/mol. The second-order valence-corrected chi connectivity index (χ2v) is 5.54. The Bertz CT molecular complexity index is 172. The summed E-state index contributed by atoms with van der Waals surface area (Å²) in [4.78, 5) is 0. The van der Waals surface area contributed by atoms with Gasteiger partial charge in [0, 0.05) is 6.42 Å². The van der Waals surface area contributed by atoms with E-state index < -0.39 is 0 Å². The van der Waals surface area contributed by atoms with Crippen LogP contribution in [0.2, 0.25) is 0 Å². The van der Waals surface area contributed by atoms with Gasteiger partial charge in [-0.05, 0) is 25.2 Å². The highest BCUT2D eigenvalue weighted by Gasteiger charge is 2.29. The van der Waals surface area contributed by atoms with E-state index >= 15 is 0 Å². The summed E-state index contributed by atoms with van der Waals surface area (Å²) in [6.07, 6.45) is 3.86. The second kappa shape index (κ2) is 4.63. The largest absolute Gasteiger partial charge is 0.350 e. The highest BCUT2D eigenvalue weighted by Crippen LogP contribution is 2.29. The van der Waals surface area contributed by atoms with Crippen LogP contribution < -0.4 is 0 Å². The molecule has 0 N–H and O–H groups in total. The molecule has 2 heteroatoms. The van der Waals surface area contributed by atoms with Gasteiger partial charge >= 0.3 is 0 Å². The highest BCUT2D eigenvalue weighted by atomic mass is 16.7. The molecule has 0 saturated carbocycles. The summed E-state index contributed by atoms with van der Waals surface area (Å²) in [5.41, 5.74) is 0.278. The van der Waals surface area contributed by atoms with E-state index in [1.165, 1.54) is 0 Å². The third-order valence-corrected chi connectivity index (χ3v) is 2.56. The van der Waals surface area contributed by atoms with E-state index in [-0.39, 0.29) is 11.7 Å². The summed E-state index contributed by atoms with van der Waals surface area (Å²) in [6, 6.07) is 0. The van der Waals surface area contributed by atoms with Gasteiger partial charge in [0.1, 0.15) is 0 Å². The summed E-state index contributed by atoms with van der Waals surface area (Å²) in [5.74, 6) is 0. The van der Waals surface area contributed by atoms with Gasteiger partial charge in [0.15, 0.2) is 6.29 Å². The fourth-order valence-corrected chi connectivity index (χ4v) is 1.85. The third-order valence-electron chi connectivity index (χ3n) is 2.56. The molecule has 0 aromatic heterocycles. The van der Waals surface area contributed by atoms with E-state index in [1.54, 1.807) is 0 Å². The monoisotopic (exact) mass is 200 g/mol. The van der Waals surface area contributed by atoms with Gasteiger partial charge in [-0.3, -0.25) is 0 Å². The van der Waals surface area contributed by atoms with Crippen molar-refractivity contribution < 1.29 is 9.47 Å². The van der Waals surface area contributed by atoms with Crippen LogP contribution in [0.4, 0.5) is 0 Å². The number of rotatable bonds is 2. The summed E-state index contributed by atoms with van der Waals surface area (Å²) >= 11 is 0. The lowest BCUT2D eigenvalue weighted by Gasteiger charge is -2.36. The van der Waals surface area contributed by atoms with Gasteiger partial charge in [0.2, 0.25) is 0 Å². The third kappa shape index (κ3) is 3.97. The molecule has 0 bridgehead atoms. The van der Waals surface area contributed by atoms with Crippen LogP contribution in [0.25, 0.3) is 0 Å². The maximum Gasteiger partial charge on any atom is 0.158 e. The molecule has 0 spiro atoms. The Hall–Kier alpha value is -0.0800. The summed E-state index contributed by atoms with van der Waals surface area (Å²) < 4.78 is 11.6. The molecule has 0 aromatic rings. The van der Waals surface area contributed by atoms with E-state index in [2.05, 4.69) is 34.6 Å². The molecule has 14 heavy (non-hydrogen) atoms. The second-order valence-electron chi connectivity index (χ2n) is 5.54. The molecule has 1 aliphatic heterocycles. The zero-order valence-electron chi connectivity index (χ0n) is 10.2. The molecule has 0 aliphatic carbocycles. The van der Waals surface area contributed by atoms with Gasteiger partial charge < -0.3 is 9.47 Å². The van der Waals surface area contributed by atoms with Crippen LogP contribution in [0.5, 0.6) is 0 Å². The van der Waals surface area contributed by atoms with Gasteiger partial charge in [0.05, 0.1) is 12.2 Å². The van der Waals surface area contributed by atoms with Gasteiger partial charge in [-0.2, -0.15) is 0 Å². The normalized spacial score (nSPS) is 34.5. The van der Waals surface area contributed by atoms with E-state index in [1.807, 2.05) is 0 Å². The predicted octanol–water partition coefficient (Wildman–Crippen LogP) is 3.35. The van der Waals surface area contributed by atoms with Crippen molar-refractivity contribution >= 4 is 0 Å². The average molecular weight is 200 g/mol. The fourth-order valence-electron chi connectivity index (χ4n) is 1.85. The van der Waals surface area contributed by atoms with Crippen molar-refractivity contribution in [2.45, 2.75) is 72.4 Å². The lowest BCUT2D eigenvalue weighted by atomic mass is 9.91. The SMILES string of the molecule is CCC1CC(C)OC(CC(C)(C)C)O1. The smallest absolute Gasteiger partial charge is 0.158 e. The number of hydrogen-bond acceptors (Lipinski definition) is 2. The zero-order valence-corrected chi connectivity index (χ0v) is 10.2. The Labute approximate surface area is 88.0 Å². The Morgan fingerprint density at radius 2 is 1.86 bits per heavy atom. The molecular formula is C12H24O2. The molecule has 0 amide bonds. The maximum atomic E-state index is 5.86. The Balaban J connectivity index is 2.45. The van der Waals surface area contributed by atoms with Crippen LogP contribution in [-0.2, 0) is 9.47 Å². The molecule has 3 atom stereocenters. The molecule has 1 aliphatic rings. The first kappa shape index (κ1) is 12.0. The van der Waals surface area contributed by atoms with Crippen molar-refractivity contribution in [1.29, 1.82) is 0 Å². The standard InChI is InChI=1S/C12H24O2/c1-6-10-7-9(2)13-11(14-10)8-12(3,4)5/h9-11H,6-8H2,1-5H3. The Morgan fingerprint density at radius 3 is 2.36 bits per heavy atom. The molecule has 3 unspecified atom stereocenters. The van der Waals surface area contributed by atoms with Crippen LogP contribution in [0, 0.1) is 5.41 Å². The molecule has 2 nitrogen and oxygen atoms in total. The molecule has 0 aromatic carbocycles. The van der Waals surface area contributed by atoms with Crippen LogP contribution in [0.3, 0.4) is 0 Å². The molecule has 1 saturated heterocycles. The molecule has 0 radical (unpaired) electrons. The minimum Gasteiger partial charge on any atom is -0.350 e. The van der Waals surface area contributed by atoms with Crippen molar-refractivity contribution in [2.75, 3.05) is 0 Å². The minimum absolute atomic E-state index is 0.00343. The number of ether oxygens (including phenoxy) is 2. The van der Waals surface area contributed by atoms with Crippen LogP contribution in [0.1, 0.15) is 53.9 Å². The molecule has 1 fully saturated rings. The first-order valence-electron chi connectivity index (χ1n) is 5.71. The van der Waals surface area contributed by atoms with Crippen molar-refractivity contribution in [3.05, 3.63) is 0 Å². The van der Waals surface area contributed by atoms with Gasteiger partial charge in [-0.25, -0.2) is 0 Å². The molecule has 1 rings (SSSR count). The van der Waals surface area contributed by atoms with Crippen molar-refractivity contribution in [3.63, 3.8) is 0 Å². The van der Waals surface area contributed by atoms with E-state index in [0.29, 0.717) is 12.2 Å². The molecule has 84 valence electrons. The summed E-state index contributed by atoms with van der Waals surface area (Å²) in [6.45, 7) is 11.0. The lowest BCUT2D eigenvalue weighted by molar-refractivity contribution is -0.248. The topological polar surface area (TPSA) is 18.5 Å². The average Bonchev–Trinajstić information content (AvgIpc) is 1.99. The van der Waals surface area contributed by atoms with Gasteiger partial charge in [-0.1, -0.05) is 27.7 Å². The van der Waals surface area contributed by atoms with Crippen LogP contribution >= 0.6 is 0 Å². The fraction of sp³-hybridized carbons (Fsp3) is 1.00. The van der Waals surface area contributed by atoms with Gasteiger partial charge in [0.25, 0.3) is 0 Å². The van der Waals surface area contributed by atoms with E-state index in [4.69, 9.17) is 9.47 Å².